The number of amides is 2. The van der Waals surface area contributed by atoms with Crippen molar-refractivity contribution >= 4 is 34.9 Å². The Morgan fingerprint density at radius 2 is 1.85 bits per heavy atom. The number of aromatic amines is 1. The topological polar surface area (TPSA) is 96.9 Å². The van der Waals surface area contributed by atoms with Gasteiger partial charge in [0.25, 0.3) is 11.5 Å². The summed E-state index contributed by atoms with van der Waals surface area (Å²) in [6.45, 7) is 4.18. The molecule has 10 heteroatoms. The number of likely N-dealkylation sites (tertiary alicyclic amines) is 2. The first-order valence-corrected chi connectivity index (χ1v) is 12.0. The van der Waals surface area contributed by atoms with Crippen LogP contribution in [0.1, 0.15) is 42.5 Å². The third-order valence-corrected chi connectivity index (χ3v) is 7.16. The van der Waals surface area contributed by atoms with E-state index in [2.05, 4.69) is 4.98 Å². The first kappa shape index (κ1) is 22.2. The molecule has 0 radical (unpaired) electrons. The summed E-state index contributed by atoms with van der Waals surface area (Å²) in [6, 6.07) is 5.09. The van der Waals surface area contributed by atoms with Crippen LogP contribution in [-0.4, -0.2) is 76.3 Å². The zero-order chi connectivity index (χ0) is 23.0. The molecule has 1 spiro atoms. The molecule has 3 fully saturated rings. The number of ether oxygens (including phenoxy) is 2. The molecule has 5 rings (SSSR count). The number of H-pyrrole nitrogens is 1. The zero-order valence-corrected chi connectivity index (χ0v) is 19.3. The van der Waals surface area contributed by atoms with Crippen molar-refractivity contribution in [1.82, 2.24) is 19.4 Å². The van der Waals surface area contributed by atoms with Crippen LogP contribution in [0.4, 0.5) is 0 Å². The fraction of sp³-hybridized carbons (Fsp3) is 0.565. The molecule has 0 aliphatic carbocycles. The lowest BCUT2D eigenvalue weighted by atomic mass is 10.0. The number of piperidine rings is 1. The number of fused-ring (bicyclic) bond motifs is 1. The van der Waals surface area contributed by atoms with Gasteiger partial charge in [0.15, 0.2) is 10.6 Å². The van der Waals surface area contributed by atoms with Crippen molar-refractivity contribution in [2.75, 3.05) is 39.4 Å². The molecule has 4 heterocycles. The first-order valence-electron chi connectivity index (χ1n) is 11.6. The molecule has 3 aliphatic heterocycles. The zero-order valence-electron chi connectivity index (χ0n) is 18.5. The molecule has 1 N–H and O–H groups in total. The SMILES string of the molecule is O=C1CCCN1CCCn1c(=S)[nH]c2cc(C(=O)N3CCC4(CC3)OCCO4)ccc2c1=O. The van der Waals surface area contributed by atoms with Gasteiger partial charge in [-0.3, -0.25) is 19.0 Å². The van der Waals surface area contributed by atoms with Gasteiger partial charge in [-0.2, -0.15) is 0 Å². The largest absolute Gasteiger partial charge is 0.347 e. The smallest absolute Gasteiger partial charge is 0.262 e. The van der Waals surface area contributed by atoms with Gasteiger partial charge in [-0.25, -0.2) is 0 Å². The lowest BCUT2D eigenvalue weighted by Crippen LogP contribution is -2.47. The van der Waals surface area contributed by atoms with E-state index in [1.807, 2.05) is 4.90 Å². The van der Waals surface area contributed by atoms with Crippen LogP contribution in [0.3, 0.4) is 0 Å². The van der Waals surface area contributed by atoms with Crippen LogP contribution in [0, 0.1) is 4.77 Å². The number of rotatable bonds is 5. The lowest BCUT2D eigenvalue weighted by molar-refractivity contribution is -0.181. The van der Waals surface area contributed by atoms with Crippen molar-refractivity contribution < 1.29 is 19.1 Å². The first-order chi connectivity index (χ1) is 16.0. The third kappa shape index (κ3) is 4.34. The Kier molecular flexibility index (Phi) is 6.07. The van der Waals surface area contributed by atoms with Gasteiger partial charge < -0.3 is 24.3 Å². The standard InChI is InChI=1S/C23H28N4O5S/c28-19-3-1-8-25(19)9-2-10-27-21(30)17-5-4-16(15-18(17)24-22(27)33)20(29)26-11-6-23(7-12-26)31-13-14-32-23/h4-5,15H,1-3,6-14H2,(H,24,33). The Balaban J connectivity index is 1.29. The van der Waals surface area contributed by atoms with E-state index in [0.717, 1.165) is 13.0 Å². The van der Waals surface area contributed by atoms with Crippen LogP contribution >= 0.6 is 12.2 Å². The monoisotopic (exact) mass is 472 g/mol. The van der Waals surface area contributed by atoms with Crippen LogP contribution < -0.4 is 5.56 Å². The van der Waals surface area contributed by atoms with Crippen molar-refractivity contribution in [3.63, 3.8) is 0 Å². The third-order valence-electron chi connectivity index (χ3n) is 6.84. The molecule has 0 atom stereocenters. The van der Waals surface area contributed by atoms with Gasteiger partial charge in [-0.05, 0) is 43.3 Å². The predicted octanol–water partition coefficient (Wildman–Crippen LogP) is 2.05. The van der Waals surface area contributed by atoms with Crippen LogP contribution in [-0.2, 0) is 20.8 Å². The summed E-state index contributed by atoms with van der Waals surface area (Å²) in [7, 11) is 0. The average Bonchev–Trinajstić information content (AvgIpc) is 3.44. The minimum Gasteiger partial charge on any atom is -0.347 e. The minimum atomic E-state index is -0.529. The number of aromatic nitrogens is 2. The van der Waals surface area contributed by atoms with E-state index >= 15 is 0 Å². The number of nitrogens with one attached hydrogen (secondary N) is 1. The van der Waals surface area contributed by atoms with E-state index < -0.39 is 5.79 Å². The van der Waals surface area contributed by atoms with Gasteiger partial charge >= 0.3 is 0 Å². The summed E-state index contributed by atoms with van der Waals surface area (Å²) in [4.78, 5) is 44.6. The summed E-state index contributed by atoms with van der Waals surface area (Å²) in [5.74, 6) is -0.433. The van der Waals surface area contributed by atoms with Crippen molar-refractivity contribution in [3.05, 3.63) is 38.9 Å². The van der Waals surface area contributed by atoms with Crippen molar-refractivity contribution in [2.45, 2.75) is 44.4 Å². The molecule has 1 aromatic carbocycles. The Hall–Kier alpha value is -2.56. The molecule has 0 bridgehead atoms. The van der Waals surface area contributed by atoms with Gasteiger partial charge in [-0.15, -0.1) is 0 Å². The molecule has 2 aromatic rings. The maximum absolute atomic E-state index is 13.1. The Bertz CT molecular complexity index is 1190. The quantitative estimate of drug-likeness (QED) is 0.669. The molecule has 1 aromatic heterocycles. The molecule has 2 amide bonds. The highest BCUT2D eigenvalue weighted by Gasteiger charge is 2.40. The van der Waals surface area contributed by atoms with E-state index in [1.165, 1.54) is 4.57 Å². The highest BCUT2D eigenvalue weighted by molar-refractivity contribution is 7.71. The van der Waals surface area contributed by atoms with E-state index in [4.69, 9.17) is 21.7 Å². The molecule has 0 unspecified atom stereocenters. The number of benzene rings is 1. The minimum absolute atomic E-state index is 0.0801. The second-order valence-corrected chi connectivity index (χ2v) is 9.27. The summed E-state index contributed by atoms with van der Waals surface area (Å²) in [5, 5.41) is 0.489. The Morgan fingerprint density at radius 1 is 1.09 bits per heavy atom. The van der Waals surface area contributed by atoms with Crippen LogP contribution in [0.2, 0.25) is 0 Å². The molecule has 9 nitrogen and oxygen atoms in total. The fourth-order valence-corrected chi connectivity index (χ4v) is 5.25. The van der Waals surface area contributed by atoms with Gasteiger partial charge in [0, 0.05) is 57.5 Å². The van der Waals surface area contributed by atoms with Gasteiger partial charge in [0.1, 0.15) is 0 Å². The van der Waals surface area contributed by atoms with Crippen molar-refractivity contribution in [3.8, 4) is 0 Å². The highest BCUT2D eigenvalue weighted by atomic mass is 32.1. The molecule has 3 aliphatic rings. The number of nitrogens with zero attached hydrogens (tertiary/aromatic N) is 3. The summed E-state index contributed by atoms with van der Waals surface area (Å²) < 4.78 is 13.3. The molecule has 0 saturated carbocycles. The van der Waals surface area contributed by atoms with Crippen LogP contribution in [0.25, 0.3) is 10.9 Å². The number of carbonyl (C=O) groups excluding carboxylic acids is 2. The summed E-state index contributed by atoms with van der Waals surface area (Å²) in [5.41, 5.74) is 0.885. The lowest BCUT2D eigenvalue weighted by Gasteiger charge is -2.37. The van der Waals surface area contributed by atoms with E-state index in [9.17, 15) is 14.4 Å². The van der Waals surface area contributed by atoms with Gasteiger partial charge in [0.2, 0.25) is 5.91 Å². The van der Waals surface area contributed by atoms with Crippen molar-refractivity contribution in [1.29, 1.82) is 0 Å². The second kappa shape index (κ2) is 9.00. The molecule has 33 heavy (non-hydrogen) atoms. The average molecular weight is 473 g/mol. The maximum atomic E-state index is 13.1. The highest BCUT2D eigenvalue weighted by Crippen LogP contribution is 2.31. The Morgan fingerprint density at radius 3 is 2.55 bits per heavy atom. The number of hydrogen-bond donors (Lipinski definition) is 1. The van der Waals surface area contributed by atoms with E-state index in [0.29, 0.717) is 86.3 Å². The normalized spacial score (nSPS) is 20.3. The maximum Gasteiger partial charge on any atom is 0.262 e. The molecular formula is C23H28N4O5S. The predicted molar refractivity (Wildman–Crippen MR) is 124 cm³/mol. The summed E-state index contributed by atoms with van der Waals surface area (Å²) in [6.07, 6.45) is 3.48. The Labute approximate surface area is 196 Å². The summed E-state index contributed by atoms with van der Waals surface area (Å²) >= 11 is 5.43. The van der Waals surface area contributed by atoms with Gasteiger partial charge in [0.05, 0.1) is 24.1 Å². The fourth-order valence-electron chi connectivity index (χ4n) is 4.97. The van der Waals surface area contributed by atoms with E-state index in [-0.39, 0.29) is 17.4 Å². The second-order valence-electron chi connectivity index (χ2n) is 8.89. The van der Waals surface area contributed by atoms with Crippen LogP contribution in [0.15, 0.2) is 23.0 Å². The van der Waals surface area contributed by atoms with Crippen molar-refractivity contribution in [2.24, 2.45) is 0 Å². The van der Waals surface area contributed by atoms with Gasteiger partial charge in [-0.1, -0.05) is 0 Å². The van der Waals surface area contributed by atoms with E-state index in [1.54, 1.807) is 23.1 Å². The number of carbonyl (C=O) groups is 2. The van der Waals surface area contributed by atoms with Crippen LogP contribution in [0.5, 0.6) is 0 Å². The molecule has 3 saturated heterocycles. The molecule has 176 valence electrons. The number of hydrogen-bond acceptors (Lipinski definition) is 6. The molecular weight excluding hydrogens is 444 g/mol.